The van der Waals surface area contributed by atoms with Crippen molar-refractivity contribution in [1.82, 2.24) is 25.7 Å². The number of pyridine rings is 1. The Kier molecular flexibility index (Phi) is 9.56. The van der Waals surface area contributed by atoms with Crippen LogP contribution in [0.1, 0.15) is 49.2 Å². The van der Waals surface area contributed by atoms with E-state index in [1.54, 1.807) is 29.2 Å². The van der Waals surface area contributed by atoms with Crippen LogP contribution in [0.15, 0.2) is 48.0 Å². The van der Waals surface area contributed by atoms with E-state index < -0.39 is 23.4 Å². The molecule has 41 heavy (non-hydrogen) atoms. The Morgan fingerprint density at radius 1 is 1.17 bits per heavy atom. The number of aryl methyl sites for hydroxylation is 2. The largest absolute Gasteiger partial charge is 0.489 e. The summed E-state index contributed by atoms with van der Waals surface area (Å²) in [5.74, 6) is -0.197. The van der Waals surface area contributed by atoms with Gasteiger partial charge >= 0.3 is 6.03 Å². The fourth-order valence-corrected chi connectivity index (χ4v) is 5.75. The lowest BCUT2D eigenvalue weighted by Crippen LogP contribution is -2.52. The lowest BCUT2D eigenvalue weighted by Gasteiger charge is -2.32. The second kappa shape index (κ2) is 13.1. The maximum Gasteiger partial charge on any atom is 0.321 e. The van der Waals surface area contributed by atoms with Crippen molar-refractivity contribution in [3.8, 4) is 5.75 Å². The monoisotopic (exact) mass is 580 g/mol. The zero-order valence-corrected chi connectivity index (χ0v) is 24.5. The number of likely N-dealkylation sites (tertiary alicyclic amines) is 1. The van der Waals surface area contributed by atoms with Crippen LogP contribution in [-0.4, -0.2) is 57.1 Å². The molecule has 0 saturated carbocycles. The second-order valence-electron chi connectivity index (χ2n) is 10.7. The number of amides is 4. The quantitative estimate of drug-likeness (QED) is 0.198. The Hall–Kier alpha value is -4.03. The highest BCUT2D eigenvalue weighted by molar-refractivity contribution is 7.13. The van der Waals surface area contributed by atoms with Gasteiger partial charge in [0.25, 0.3) is 5.91 Å². The fourth-order valence-electron chi connectivity index (χ4n) is 5.22. The van der Waals surface area contributed by atoms with E-state index in [9.17, 15) is 19.6 Å². The number of hydroxylamine groups is 1. The summed E-state index contributed by atoms with van der Waals surface area (Å²) in [6, 6.07) is 9.87. The predicted octanol–water partition coefficient (Wildman–Crippen LogP) is 3.95. The van der Waals surface area contributed by atoms with Crippen molar-refractivity contribution in [2.75, 3.05) is 18.4 Å². The summed E-state index contributed by atoms with van der Waals surface area (Å²) in [7, 11) is 0. The standard InChI is InChI=1S/C29H36N6O5S/c1-18(2)13-24(25(36)34-39)35-11-9-29(26(35)37,17-31-27(38)33-28-30-10-12-41-28)22-5-7-23(8-6-22)40-16-21-14-19(3)32-20(4)15-21/h5-8,10,12,14-15,18,24,39H,9,11,13,16-17H2,1-4H3,(H,34,36)(H2,30,31,33,38). The van der Waals surface area contributed by atoms with Crippen molar-refractivity contribution in [1.29, 1.82) is 0 Å². The summed E-state index contributed by atoms with van der Waals surface area (Å²) in [5, 5.41) is 17.1. The van der Waals surface area contributed by atoms with Gasteiger partial charge in [0.15, 0.2) is 5.13 Å². The highest BCUT2D eigenvalue weighted by Gasteiger charge is 2.51. The zero-order chi connectivity index (χ0) is 29.6. The Labute approximate surface area is 243 Å². The van der Waals surface area contributed by atoms with Crippen molar-refractivity contribution < 1.29 is 24.3 Å². The van der Waals surface area contributed by atoms with Crippen LogP contribution in [0.3, 0.4) is 0 Å². The minimum atomic E-state index is -1.12. The van der Waals surface area contributed by atoms with E-state index in [2.05, 4.69) is 20.6 Å². The molecule has 1 aliphatic rings. The number of urea groups is 1. The third kappa shape index (κ3) is 7.19. The van der Waals surface area contributed by atoms with Gasteiger partial charge in [0.05, 0.1) is 5.41 Å². The topological polar surface area (TPSA) is 146 Å². The first kappa shape index (κ1) is 29.9. The summed E-state index contributed by atoms with van der Waals surface area (Å²) in [5.41, 5.74) is 4.12. The molecule has 0 aliphatic carbocycles. The molecule has 3 aromatic rings. The van der Waals surface area contributed by atoms with Crippen LogP contribution in [-0.2, 0) is 21.6 Å². The molecule has 3 heterocycles. The molecule has 0 radical (unpaired) electrons. The van der Waals surface area contributed by atoms with Gasteiger partial charge in [-0.15, -0.1) is 11.3 Å². The van der Waals surface area contributed by atoms with Crippen LogP contribution in [0.5, 0.6) is 5.75 Å². The molecule has 12 heteroatoms. The van der Waals surface area contributed by atoms with E-state index >= 15 is 0 Å². The number of hydrogen-bond donors (Lipinski definition) is 4. The molecule has 0 spiro atoms. The lowest BCUT2D eigenvalue weighted by molar-refractivity contribution is -0.144. The van der Waals surface area contributed by atoms with Crippen LogP contribution in [0.25, 0.3) is 0 Å². The highest BCUT2D eigenvalue weighted by atomic mass is 32.1. The number of thiazole rings is 1. The Morgan fingerprint density at radius 3 is 2.49 bits per heavy atom. The average Bonchev–Trinajstić information content (AvgIpc) is 3.56. The maximum atomic E-state index is 14.1. The number of nitrogens with zero attached hydrogens (tertiary/aromatic N) is 3. The molecule has 218 valence electrons. The van der Waals surface area contributed by atoms with Gasteiger partial charge in [-0.05, 0) is 68.0 Å². The van der Waals surface area contributed by atoms with Gasteiger partial charge in [0.1, 0.15) is 18.4 Å². The summed E-state index contributed by atoms with van der Waals surface area (Å²) in [4.78, 5) is 49.3. The van der Waals surface area contributed by atoms with E-state index in [4.69, 9.17) is 4.74 Å². The maximum absolute atomic E-state index is 14.1. The molecule has 1 aromatic carbocycles. The first-order valence-electron chi connectivity index (χ1n) is 13.5. The second-order valence-corrected chi connectivity index (χ2v) is 11.6. The van der Waals surface area contributed by atoms with Crippen LogP contribution in [0, 0.1) is 19.8 Å². The molecule has 0 bridgehead atoms. The number of ether oxygens (including phenoxy) is 1. The van der Waals surface area contributed by atoms with Gasteiger partial charge < -0.3 is 15.0 Å². The first-order chi connectivity index (χ1) is 19.6. The number of carbonyl (C=O) groups excluding carboxylic acids is 3. The van der Waals surface area contributed by atoms with Gasteiger partial charge in [-0.3, -0.25) is 25.1 Å². The van der Waals surface area contributed by atoms with Crippen LogP contribution in [0.2, 0.25) is 0 Å². The van der Waals surface area contributed by atoms with Gasteiger partial charge in [-0.2, -0.15) is 0 Å². The number of carbonyl (C=O) groups is 3. The fraction of sp³-hybridized carbons (Fsp3) is 0.414. The Morgan fingerprint density at radius 2 is 1.88 bits per heavy atom. The van der Waals surface area contributed by atoms with Crippen LogP contribution in [0.4, 0.5) is 9.93 Å². The van der Waals surface area contributed by atoms with E-state index in [-0.39, 0.29) is 18.4 Å². The number of anilines is 1. The molecular weight excluding hydrogens is 544 g/mol. The molecule has 1 aliphatic heterocycles. The molecule has 4 rings (SSSR count). The van der Waals surface area contributed by atoms with E-state index in [0.717, 1.165) is 17.0 Å². The Balaban J connectivity index is 1.57. The van der Waals surface area contributed by atoms with Gasteiger partial charge in [0, 0.05) is 36.1 Å². The minimum Gasteiger partial charge on any atom is -0.489 e. The number of nitrogens with one attached hydrogen (secondary N) is 3. The number of rotatable bonds is 11. The third-order valence-electron chi connectivity index (χ3n) is 7.09. The van der Waals surface area contributed by atoms with Crippen molar-refractivity contribution >= 4 is 34.3 Å². The molecule has 2 unspecified atom stereocenters. The minimum absolute atomic E-state index is 0.00442. The number of hydrogen-bond acceptors (Lipinski definition) is 8. The Bertz CT molecular complexity index is 1340. The SMILES string of the molecule is Cc1cc(COc2ccc(C3(CNC(=O)Nc4nccs4)CCN(C(CC(C)C)C(=O)NO)C3=O)cc2)cc(C)n1. The number of benzene rings is 1. The van der Waals surface area contributed by atoms with E-state index in [1.807, 2.05) is 52.0 Å². The predicted molar refractivity (Wildman–Crippen MR) is 155 cm³/mol. The summed E-state index contributed by atoms with van der Waals surface area (Å²) < 4.78 is 6.00. The highest BCUT2D eigenvalue weighted by Crippen LogP contribution is 2.38. The smallest absolute Gasteiger partial charge is 0.321 e. The molecule has 1 saturated heterocycles. The van der Waals surface area contributed by atoms with E-state index in [1.165, 1.54) is 16.2 Å². The zero-order valence-electron chi connectivity index (χ0n) is 23.6. The molecule has 2 atom stereocenters. The number of aromatic nitrogens is 2. The van der Waals surface area contributed by atoms with Crippen LogP contribution < -0.4 is 20.9 Å². The van der Waals surface area contributed by atoms with Gasteiger partial charge in [-0.1, -0.05) is 26.0 Å². The molecule has 4 amide bonds. The van der Waals surface area contributed by atoms with Crippen LogP contribution >= 0.6 is 11.3 Å². The van der Waals surface area contributed by atoms with Crippen molar-refractivity contribution in [3.63, 3.8) is 0 Å². The average molecular weight is 581 g/mol. The normalized spacial score (nSPS) is 17.4. The van der Waals surface area contributed by atoms with E-state index in [0.29, 0.717) is 42.4 Å². The summed E-state index contributed by atoms with van der Waals surface area (Å²) in [6.07, 6.45) is 2.33. The first-order valence-corrected chi connectivity index (χ1v) is 14.4. The van der Waals surface area contributed by atoms with Gasteiger partial charge in [-0.25, -0.2) is 15.3 Å². The summed E-state index contributed by atoms with van der Waals surface area (Å²) >= 11 is 1.28. The van der Waals surface area contributed by atoms with Crippen molar-refractivity contribution in [3.05, 3.63) is 70.5 Å². The molecule has 11 nitrogen and oxygen atoms in total. The van der Waals surface area contributed by atoms with Crippen molar-refractivity contribution in [2.24, 2.45) is 5.92 Å². The van der Waals surface area contributed by atoms with Gasteiger partial charge in [0.2, 0.25) is 5.91 Å². The molecular formula is C29H36N6O5S. The lowest BCUT2D eigenvalue weighted by atomic mass is 9.78. The molecule has 4 N–H and O–H groups in total. The van der Waals surface area contributed by atoms with Crippen molar-refractivity contribution in [2.45, 2.75) is 58.6 Å². The summed E-state index contributed by atoms with van der Waals surface area (Å²) in [6.45, 7) is 8.43. The molecule has 1 fully saturated rings. The molecule has 2 aromatic heterocycles. The third-order valence-corrected chi connectivity index (χ3v) is 7.78.